The molecule has 1 atom stereocenters. The zero-order valence-electron chi connectivity index (χ0n) is 17.5. The highest BCUT2D eigenvalue weighted by atomic mass is 16.6. The van der Waals surface area contributed by atoms with Gasteiger partial charge in [-0.1, -0.05) is 36.4 Å². The predicted octanol–water partition coefficient (Wildman–Crippen LogP) is 4.40. The fourth-order valence-electron chi connectivity index (χ4n) is 4.25. The molecular formula is C23H23N3O5. The average molecular weight is 421 g/mol. The fourth-order valence-corrected chi connectivity index (χ4v) is 4.25. The number of nitro groups is 1. The Morgan fingerprint density at radius 3 is 2.52 bits per heavy atom. The van der Waals surface area contributed by atoms with Gasteiger partial charge < -0.3 is 9.72 Å². The van der Waals surface area contributed by atoms with Gasteiger partial charge in [-0.05, 0) is 44.0 Å². The number of aromatic amines is 1. The van der Waals surface area contributed by atoms with Crippen LogP contribution >= 0.6 is 0 Å². The highest BCUT2D eigenvalue weighted by Gasteiger charge is 2.56. The number of hydrogen-bond acceptors (Lipinski definition) is 5. The zero-order valence-corrected chi connectivity index (χ0v) is 17.5. The summed E-state index contributed by atoms with van der Waals surface area (Å²) in [5.74, 6) is -0.547. The summed E-state index contributed by atoms with van der Waals surface area (Å²) in [7, 11) is 0. The summed E-state index contributed by atoms with van der Waals surface area (Å²) in [5.41, 5.74) is 0.152. The summed E-state index contributed by atoms with van der Waals surface area (Å²) in [6.07, 6.45) is 0.822. The summed E-state index contributed by atoms with van der Waals surface area (Å²) in [6, 6.07) is 14.3. The third-order valence-corrected chi connectivity index (χ3v) is 5.47. The van der Waals surface area contributed by atoms with Crippen LogP contribution in [0, 0.1) is 10.1 Å². The van der Waals surface area contributed by atoms with E-state index in [-0.39, 0.29) is 6.42 Å². The highest BCUT2D eigenvalue weighted by Crippen LogP contribution is 2.50. The van der Waals surface area contributed by atoms with Crippen LogP contribution in [-0.2, 0) is 14.9 Å². The molecule has 1 N–H and O–H groups in total. The van der Waals surface area contributed by atoms with Crippen LogP contribution in [0.25, 0.3) is 10.9 Å². The maximum atomic E-state index is 14.0. The number of amides is 2. The van der Waals surface area contributed by atoms with E-state index in [0.717, 1.165) is 15.8 Å². The second-order valence-electron chi connectivity index (χ2n) is 8.60. The van der Waals surface area contributed by atoms with Crippen molar-refractivity contribution in [3.8, 4) is 0 Å². The first-order valence-electron chi connectivity index (χ1n) is 10.0. The Morgan fingerprint density at radius 2 is 1.81 bits per heavy atom. The van der Waals surface area contributed by atoms with Crippen molar-refractivity contribution in [2.75, 3.05) is 11.4 Å². The number of ether oxygens (including phenoxy) is 1. The molecular weight excluding hydrogens is 398 g/mol. The molecule has 160 valence electrons. The molecule has 2 heterocycles. The Bertz CT molecular complexity index is 1190. The Kier molecular flexibility index (Phi) is 4.80. The van der Waals surface area contributed by atoms with E-state index in [1.165, 1.54) is 0 Å². The molecule has 0 aliphatic carbocycles. The summed E-state index contributed by atoms with van der Waals surface area (Å²) in [4.78, 5) is 42.1. The van der Waals surface area contributed by atoms with Crippen LogP contribution in [-0.4, -0.2) is 34.1 Å². The summed E-state index contributed by atoms with van der Waals surface area (Å²) >= 11 is 0. The number of carbonyl (C=O) groups excluding carboxylic acids is 2. The molecule has 1 aliphatic rings. The Morgan fingerprint density at radius 1 is 1.13 bits per heavy atom. The Balaban J connectivity index is 1.96. The molecule has 1 aromatic heterocycles. The van der Waals surface area contributed by atoms with Gasteiger partial charge in [0.15, 0.2) is 0 Å². The third kappa shape index (κ3) is 3.34. The number of nitrogens with one attached hydrogen (secondary N) is 1. The molecule has 2 amide bonds. The van der Waals surface area contributed by atoms with Crippen molar-refractivity contribution in [1.29, 1.82) is 0 Å². The predicted molar refractivity (Wildman–Crippen MR) is 116 cm³/mol. The third-order valence-electron chi connectivity index (χ3n) is 5.47. The van der Waals surface area contributed by atoms with Crippen molar-refractivity contribution < 1.29 is 19.2 Å². The number of hydrogen-bond donors (Lipinski definition) is 1. The monoisotopic (exact) mass is 421 g/mol. The number of rotatable bonds is 4. The number of para-hydroxylation sites is 2. The summed E-state index contributed by atoms with van der Waals surface area (Å²) in [6.45, 7) is 4.73. The van der Waals surface area contributed by atoms with E-state index in [4.69, 9.17) is 4.74 Å². The molecule has 0 fully saturated rings. The SMILES string of the molecule is CC(C)(C)OC(=O)N1C(=O)[C@@](CC[N+](=O)[O-])(c2c[nH]c3ccccc23)c2ccccc21. The lowest BCUT2D eigenvalue weighted by Crippen LogP contribution is -2.46. The van der Waals surface area contributed by atoms with E-state index in [1.54, 1.807) is 51.2 Å². The average Bonchev–Trinajstić information content (AvgIpc) is 3.22. The molecule has 4 rings (SSSR count). The van der Waals surface area contributed by atoms with Crippen molar-refractivity contribution in [2.24, 2.45) is 0 Å². The minimum atomic E-state index is -1.39. The number of benzene rings is 2. The van der Waals surface area contributed by atoms with Gasteiger partial charge in [0.2, 0.25) is 6.54 Å². The number of anilines is 1. The molecule has 3 aromatic rings. The van der Waals surface area contributed by atoms with Gasteiger partial charge in [-0.15, -0.1) is 0 Å². The largest absolute Gasteiger partial charge is 0.443 e. The van der Waals surface area contributed by atoms with Crippen LogP contribution in [0.1, 0.15) is 38.3 Å². The smallest absolute Gasteiger partial charge is 0.421 e. The molecule has 0 saturated heterocycles. The number of aromatic nitrogens is 1. The first-order chi connectivity index (χ1) is 14.6. The number of fused-ring (bicyclic) bond motifs is 2. The van der Waals surface area contributed by atoms with Crippen molar-refractivity contribution in [1.82, 2.24) is 4.98 Å². The van der Waals surface area contributed by atoms with Gasteiger partial charge in [0.25, 0.3) is 5.91 Å². The van der Waals surface area contributed by atoms with Gasteiger partial charge in [-0.25, -0.2) is 9.69 Å². The van der Waals surface area contributed by atoms with E-state index in [0.29, 0.717) is 16.8 Å². The van der Waals surface area contributed by atoms with E-state index in [9.17, 15) is 19.7 Å². The first kappa shape index (κ1) is 20.6. The van der Waals surface area contributed by atoms with Gasteiger partial charge in [0.05, 0.1) is 5.69 Å². The van der Waals surface area contributed by atoms with Crippen molar-refractivity contribution >= 4 is 28.6 Å². The van der Waals surface area contributed by atoms with E-state index >= 15 is 0 Å². The maximum absolute atomic E-state index is 14.0. The molecule has 1 aliphatic heterocycles. The van der Waals surface area contributed by atoms with Crippen molar-refractivity contribution in [3.05, 3.63) is 76.0 Å². The van der Waals surface area contributed by atoms with Crippen LogP contribution in [0.3, 0.4) is 0 Å². The van der Waals surface area contributed by atoms with E-state index < -0.39 is 34.5 Å². The lowest BCUT2D eigenvalue weighted by atomic mass is 9.72. The molecule has 0 radical (unpaired) electrons. The molecule has 0 bridgehead atoms. The zero-order chi connectivity index (χ0) is 22.4. The second kappa shape index (κ2) is 7.23. The van der Waals surface area contributed by atoms with Gasteiger partial charge in [0.1, 0.15) is 11.0 Å². The summed E-state index contributed by atoms with van der Waals surface area (Å²) in [5, 5.41) is 12.1. The maximum Gasteiger partial charge on any atom is 0.421 e. The van der Waals surface area contributed by atoms with Crippen molar-refractivity contribution in [2.45, 2.75) is 38.2 Å². The molecule has 8 heteroatoms. The van der Waals surface area contributed by atoms with Crippen LogP contribution < -0.4 is 4.90 Å². The second-order valence-corrected chi connectivity index (χ2v) is 8.60. The van der Waals surface area contributed by atoms with E-state index in [1.807, 2.05) is 24.3 Å². The quantitative estimate of drug-likeness (QED) is 0.496. The lowest BCUT2D eigenvalue weighted by molar-refractivity contribution is -0.481. The number of H-pyrrole nitrogens is 1. The number of carbonyl (C=O) groups is 2. The summed E-state index contributed by atoms with van der Waals surface area (Å²) < 4.78 is 5.50. The van der Waals surface area contributed by atoms with Crippen molar-refractivity contribution in [3.63, 3.8) is 0 Å². The van der Waals surface area contributed by atoms with Gasteiger partial charge in [-0.3, -0.25) is 14.9 Å². The molecule has 0 saturated carbocycles. The van der Waals surface area contributed by atoms with Crippen LogP contribution in [0.2, 0.25) is 0 Å². The fraction of sp³-hybridized carbons (Fsp3) is 0.304. The van der Waals surface area contributed by atoms with Crippen LogP contribution in [0.15, 0.2) is 54.7 Å². The minimum Gasteiger partial charge on any atom is -0.443 e. The van der Waals surface area contributed by atoms with Crippen LogP contribution in [0.4, 0.5) is 10.5 Å². The van der Waals surface area contributed by atoms with Gasteiger partial charge in [0, 0.05) is 28.4 Å². The molecule has 8 nitrogen and oxygen atoms in total. The standard InChI is InChI=1S/C23H23N3O5/c1-22(2,3)31-21(28)26-19-11-7-5-9-16(19)23(20(26)27,12-13-25(29)30)17-14-24-18-10-6-4-8-15(17)18/h4-11,14,24H,12-13H2,1-3H3/t23-/m1/s1. The minimum absolute atomic E-state index is 0.0863. The van der Waals surface area contributed by atoms with E-state index in [2.05, 4.69) is 4.98 Å². The molecule has 2 aromatic carbocycles. The number of imide groups is 1. The van der Waals surface area contributed by atoms with Gasteiger partial charge in [-0.2, -0.15) is 0 Å². The topological polar surface area (TPSA) is 106 Å². The lowest BCUT2D eigenvalue weighted by Gasteiger charge is -2.28. The first-order valence-corrected chi connectivity index (χ1v) is 10.0. The highest BCUT2D eigenvalue weighted by molar-refractivity contribution is 6.23. The molecule has 0 unspecified atom stereocenters. The van der Waals surface area contributed by atoms with Gasteiger partial charge >= 0.3 is 6.09 Å². The normalized spacial score (nSPS) is 18.3. The van der Waals surface area contributed by atoms with Crippen LogP contribution in [0.5, 0.6) is 0 Å². The molecule has 0 spiro atoms. The molecule has 31 heavy (non-hydrogen) atoms. The Hall–Kier alpha value is -3.68. The number of nitrogens with zero attached hydrogens (tertiary/aromatic N) is 2. The Labute approximate surface area is 179 Å².